The van der Waals surface area contributed by atoms with Gasteiger partial charge < -0.3 is 11.1 Å². The number of anilines is 1. The van der Waals surface area contributed by atoms with Gasteiger partial charge in [-0.15, -0.1) is 0 Å². The molecule has 0 atom stereocenters. The number of benzene rings is 1. The minimum Gasteiger partial charge on any atom is -0.326 e. The molecule has 0 spiro atoms. The highest BCUT2D eigenvalue weighted by Gasteiger charge is 2.07. The average Bonchev–Trinajstić information content (AvgIpc) is 2.41. The van der Waals surface area contributed by atoms with Crippen molar-refractivity contribution < 1.29 is 9.18 Å². The molecule has 0 saturated carbocycles. The first-order valence-electron chi connectivity index (χ1n) is 5.41. The number of halogens is 1. The summed E-state index contributed by atoms with van der Waals surface area (Å²) in [4.78, 5) is 15.8. The summed E-state index contributed by atoms with van der Waals surface area (Å²) in [6, 6.07) is 8.87. The van der Waals surface area contributed by atoms with Gasteiger partial charge in [-0.05, 0) is 35.9 Å². The zero-order chi connectivity index (χ0) is 13.0. The molecule has 5 heteroatoms. The molecule has 18 heavy (non-hydrogen) atoms. The van der Waals surface area contributed by atoms with Gasteiger partial charge in [0.05, 0.1) is 0 Å². The number of hydrogen-bond acceptors (Lipinski definition) is 3. The number of amides is 1. The van der Waals surface area contributed by atoms with Gasteiger partial charge in [0, 0.05) is 18.4 Å². The maximum absolute atomic E-state index is 12.7. The molecule has 0 aliphatic carbocycles. The standard InChI is InChI=1S/C13H12FN3O/c14-10-2-4-11(5-3-10)17-13(18)12-6-1-9(7-15)8-16-12/h1-6,8H,7,15H2,(H,17,18). The first kappa shape index (κ1) is 12.2. The van der Waals surface area contributed by atoms with Crippen LogP contribution in [0.5, 0.6) is 0 Å². The second kappa shape index (κ2) is 5.37. The first-order valence-corrected chi connectivity index (χ1v) is 5.41. The van der Waals surface area contributed by atoms with Crippen LogP contribution in [0.1, 0.15) is 16.1 Å². The van der Waals surface area contributed by atoms with Crippen LogP contribution in [0.4, 0.5) is 10.1 Å². The third-order valence-electron chi connectivity index (χ3n) is 2.40. The molecule has 4 nitrogen and oxygen atoms in total. The van der Waals surface area contributed by atoms with E-state index in [1.165, 1.54) is 24.3 Å². The summed E-state index contributed by atoms with van der Waals surface area (Å²) >= 11 is 0. The van der Waals surface area contributed by atoms with Crippen molar-refractivity contribution in [1.82, 2.24) is 4.98 Å². The Morgan fingerprint density at radius 2 is 1.94 bits per heavy atom. The lowest BCUT2D eigenvalue weighted by molar-refractivity contribution is 0.102. The number of nitrogens with one attached hydrogen (secondary N) is 1. The van der Waals surface area contributed by atoms with Crippen LogP contribution in [0.25, 0.3) is 0 Å². The Balaban J connectivity index is 2.09. The van der Waals surface area contributed by atoms with Gasteiger partial charge in [0.25, 0.3) is 5.91 Å². The van der Waals surface area contributed by atoms with Crippen molar-refractivity contribution >= 4 is 11.6 Å². The molecule has 1 amide bonds. The van der Waals surface area contributed by atoms with Crippen molar-refractivity contribution in [3.05, 3.63) is 59.7 Å². The van der Waals surface area contributed by atoms with E-state index in [9.17, 15) is 9.18 Å². The molecular weight excluding hydrogens is 233 g/mol. The molecule has 1 aromatic heterocycles. The van der Waals surface area contributed by atoms with Crippen molar-refractivity contribution in [3.8, 4) is 0 Å². The Kier molecular flexibility index (Phi) is 3.64. The van der Waals surface area contributed by atoms with Crippen LogP contribution in [0.3, 0.4) is 0 Å². The molecule has 0 unspecified atom stereocenters. The average molecular weight is 245 g/mol. The van der Waals surface area contributed by atoms with E-state index in [4.69, 9.17) is 5.73 Å². The van der Waals surface area contributed by atoms with E-state index in [0.717, 1.165) is 5.56 Å². The molecular formula is C13H12FN3O. The molecule has 92 valence electrons. The van der Waals surface area contributed by atoms with Crippen LogP contribution in [-0.2, 0) is 6.54 Å². The summed E-state index contributed by atoms with van der Waals surface area (Å²) in [6.07, 6.45) is 1.56. The minimum atomic E-state index is -0.349. The Labute approximate surface area is 104 Å². The number of aromatic nitrogens is 1. The van der Waals surface area contributed by atoms with Gasteiger partial charge in [0.1, 0.15) is 11.5 Å². The Morgan fingerprint density at radius 3 is 2.50 bits per heavy atom. The number of nitrogens with two attached hydrogens (primary N) is 1. The maximum Gasteiger partial charge on any atom is 0.274 e. The lowest BCUT2D eigenvalue weighted by Crippen LogP contribution is -2.13. The van der Waals surface area contributed by atoms with E-state index < -0.39 is 0 Å². The predicted molar refractivity (Wildman–Crippen MR) is 66.5 cm³/mol. The van der Waals surface area contributed by atoms with Crippen LogP contribution in [-0.4, -0.2) is 10.9 Å². The molecule has 0 fully saturated rings. The molecule has 0 saturated heterocycles. The smallest absolute Gasteiger partial charge is 0.274 e. The van der Waals surface area contributed by atoms with Crippen LogP contribution in [0.15, 0.2) is 42.6 Å². The number of carbonyl (C=O) groups excluding carboxylic acids is 1. The lowest BCUT2D eigenvalue weighted by Gasteiger charge is -2.04. The van der Waals surface area contributed by atoms with Crippen molar-refractivity contribution in [2.75, 3.05) is 5.32 Å². The summed E-state index contributed by atoms with van der Waals surface area (Å²) in [5.41, 5.74) is 7.10. The van der Waals surface area contributed by atoms with Crippen LogP contribution in [0, 0.1) is 5.82 Å². The molecule has 0 aliphatic heterocycles. The van der Waals surface area contributed by atoms with E-state index in [1.807, 2.05) is 0 Å². The van der Waals surface area contributed by atoms with Gasteiger partial charge in [-0.3, -0.25) is 9.78 Å². The number of pyridine rings is 1. The van der Waals surface area contributed by atoms with E-state index in [1.54, 1.807) is 18.3 Å². The highest BCUT2D eigenvalue weighted by atomic mass is 19.1. The third kappa shape index (κ3) is 2.89. The largest absolute Gasteiger partial charge is 0.326 e. The quantitative estimate of drug-likeness (QED) is 0.868. The monoisotopic (exact) mass is 245 g/mol. The minimum absolute atomic E-state index is 0.288. The van der Waals surface area contributed by atoms with Gasteiger partial charge in [-0.25, -0.2) is 4.39 Å². The molecule has 1 aromatic carbocycles. The molecule has 0 bridgehead atoms. The Hall–Kier alpha value is -2.27. The van der Waals surface area contributed by atoms with E-state index in [0.29, 0.717) is 12.2 Å². The molecule has 2 aromatic rings. The van der Waals surface area contributed by atoms with Crippen LogP contribution < -0.4 is 11.1 Å². The number of carbonyl (C=O) groups is 1. The molecule has 1 heterocycles. The summed E-state index contributed by atoms with van der Waals surface area (Å²) in [6.45, 7) is 0.382. The molecule has 0 aliphatic rings. The predicted octanol–water partition coefficient (Wildman–Crippen LogP) is 1.93. The van der Waals surface area contributed by atoms with Crippen LogP contribution >= 0.6 is 0 Å². The number of nitrogens with zero attached hydrogens (tertiary/aromatic N) is 1. The van der Waals surface area contributed by atoms with Gasteiger partial charge >= 0.3 is 0 Å². The van der Waals surface area contributed by atoms with Gasteiger partial charge in [0.2, 0.25) is 0 Å². The SMILES string of the molecule is NCc1ccc(C(=O)Nc2ccc(F)cc2)nc1. The fourth-order valence-corrected chi connectivity index (χ4v) is 1.41. The van der Waals surface area contributed by atoms with Crippen molar-refractivity contribution in [2.45, 2.75) is 6.54 Å². The van der Waals surface area contributed by atoms with Crippen molar-refractivity contribution in [1.29, 1.82) is 0 Å². The Morgan fingerprint density at radius 1 is 1.22 bits per heavy atom. The fraction of sp³-hybridized carbons (Fsp3) is 0.0769. The summed E-state index contributed by atoms with van der Waals surface area (Å²) in [5, 5.41) is 2.62. The van der Waals surface area contributed by atoms with Gasteiger partial charge in [-0.2, -0.15) is 0 Å². The van der Waals surface area contributed by atoms with Crippen molar-refractivity contribution in [3.63, 3.8) is 0 Å². The second-order valence-electron chi connectivity index (χ2n) is 3.72. The van der Waals surface area contributed by atoms with Crippen molar-refractivity contribution in [2.24, 2.45) is 5.73 Å². The zero-order valence-electron chi connectivity index (χ0n) is 9.56. The van der Waals surface area contributed by atoms with E-state index >= 15 is 0 Å². The topological polar surface area (TPSA) is 68.0 Å². The van der Waals surface area contributed by atoms with Gasteiger partial charge in [-0.1, -0.05) is 6.07 Å². The molecule has 2 rings (SSSR count). The summed E-state index contributed by atoms with van der Waals surface area (Å²) < 4.78 is 12.7. The maximum atomic E-state index is 12.7. The van der Waals surface area contributed by atoms with E-state index in [2.05, 4.69) is 10.3 Å². The molecule has 0 radical (unpaired) electrons. The summed E-state index contributed by atoms with van der Waals surface area (Å²) in [7, 11) is 0. The fourth-order valence-electron chi connectivity index (χ4n) is 1.41. The first-order chi connectivity index (χ1) is 8.69. The Bertz CT molecular complexity index is 537. The second-order valence-corrected chi connectivity index (χ2v) is 3.72. The highest BCUT2D eigenvalue weighted by Crippen LogP contribution is 2.10. The highest BCUT2D eigenvalue weighted by molar-refractivity contribution is 6.02. The number of hydrogen-bond donors (Lipinski definition) is 2. The number of rotatable bonds is 3. The van der Waals surface area contributed by atoms with Gasteiger partial charge in [0.15, 0.2) is 0 Å². The molecule has 3 N–H and O–H groups in total. The third-order valence-corrected chi connectivity index (χ3v) is 2.40. The lowest BCUT2D eigenvalue weighted by atomic mass is 10.2. The summed E-state index contributed by atoms with van der Waals surface area (Å²) in [5.74, 6) is -0.691. The van der Waals surface area contributed by atoms with Crippen LogP contribution in [0.2, 0.25) is 0 Å². The zero-order valence-corrected chi connectivity index (χ0v) is 9.56. The normalized spacial score (nSPS) is 10.1. The van der Waals surface area contributed by atoms with E-state index in [-0.39, 0.29) is 17.4 Å².